The second-order valence-electron chi connectivity index (χ2n) is 7.44. The SMILES string of the molecule is COc1ccc(S(=O)(=O)N(CC(N)=O)c2ccc(Cl)cc2C(C)c2ccccc2Cl)cc1OC. The van der Waals surface area contributed by atoms with Crippen LogP contribution in [0.4, 0.5) is 5.69 Å². The lowest BCUT2D eigenvalue weighted by atomic mass is 9.91. The van der Waals surface area contributed by atoms with Gasteiger partial charge in [-0.2, -0.15) is 0 Å². The molecule has 0 radical (unpaired) electrons. The summed E-state index contributed by atoms with van der Waals surface area (Å²) in [6.07, 6.45) is 0. The van der Waals surface area contributed by atoms with Crippen LogP contribution in [0.1, 0.15) is 24.0 Å². The number of halogens is 2. The third kappa shape index (κ3) is 5.24. The zero-order valence-corrected chi connectivity index (χ0v) is 21.1. The smallest absolute Gasteiger partial charge is 0.264 e. The summed E-state index contributed by atoms with van der Waals surface area (Å²) in [7, 11) is -1.40. The lowest BCUT2D eigenvalue weighted by molar-refractivity contribution is -0.116. The van der Waals surface area contributed by atoms with Crippen molar-refractivity contribution in [3.63, 3.8) is 0 Å². The maximum absolute atomic E-state index is 13.8. The highest BCUT2D eigenvalue weighted by Crippen LogP contribution is 2.39. The number of amides is 1. The molecule has 3 aromatic carbocycles. The molecule has 10 heteroatoms. The topological polar surface area (TPSA) is 98.9 Å². The molecule has 0 spiro atoms. The summed E-state index contributed by atoms with van der Waals surface area (Å²) in [5, 5.41) is 0.922. The van der Waals surface area contributed by atoms with Crippen LogP contribution in [0, 0.1) is 0 Å². The summed E-state index contributed by atoms with van der Waals surface area (Å²) < 4.78 is 39.0. The minimum Gasteiger partial charge on any atom is -0.493 e. The van der Waals surface area contributed by atoms with Crippen LogP contribution in [0.5, 0.6) is 11.5 Å². The number of hydrogen-bond acceptors (Lipinski definition) is 5. The van der Waals surface area contributed by atoms with E-state index in [1.165, 1.54) is 32.4 Å². The highest BCUT2D eigenvalue weighted by Gasteiger charge is 2.31. The van der Waals surface area contributed by atoms with E-state index >= 15 is 0 Å². The molecule has 0 bridgehead atoms. The van der Waals surface area contributed by atoms with E-state index in [1.54, 1.807) is 30.3 Å². The van der Waals surface area contributed by atoms with Crippen LogP contribution in [0.2, 0.25) is 10.0 Å². The molecule has 0 aliphatic carbocycles. The maximum Gasteiger partial charge on any atom is 0.264 e. The third-order valence-corrected chi connectivity index (χ3v) is 7.67. The second kappa shape index (κ2) is 10.5. The predicted molar refractivity (Wildman–Crippen MR) is 134 cm³/mol. The largest absolute Gasteiger partial charge is 0.493 e. The number of carbonyl (C=O) groups excluding carboxylic acids is 1. The van der Waals surface area contributed by atoms with E-state index in [9.17, 15) is 13.2 Å². The van der Waals surface area contributed by atoms with E-state index in [4.69, 9.17) is 38.4 Å². The summed E-state index contributed by atoms with van der Waals surface area (Å²) in [5.41, 5.74) is 7.05. The third-order valence-electron chi connectivity index (χ3n) is 5.34. The van der Waals surface area contributed by atoms with Crippen LogP contribution in [0.25, 0.3) is 0 Å². The number of nitrogens with zero attached hydrogens (tertiary/aromatic N) is 1. The molecule has 0 fully saturated rings. The summed E-state index contributed by atoms with van der Waals surface area (Å²) >= 11 is 12.7. The first-order valence-corrected chi connectivity index (χ1v) is 12.4. The summed E-state index contributed by atoms with van der Waals surface area (Å²) in [6, 6.07) is 16.2. The Morgan fingerprint density at radius 3 is 2.26 bits per heavy atom. The van der Waals surface area contributed by atoms with Crippen LogP contribution in [0.15, 0.2) is 65.6 Å². The van der Waals surface area contributed by atoms with E-state index in [-0.39, 0.29) is 22.3 Å². The molecule has 3 aromatic rings. The van der Waals surface area contributed by atoms with Gasteiger partial charge in [0.05, 0.1) is 24.8 Å². The minimum atomic E-state index is -4.25. The van der Waals surface area contributed by atoms with Gasteiger partial charge in [-0.25, -0.2) is 8.42 Å². The van der Waals surface area contributed by atoms with E-state index in [0.717, 1.165) is 9.87 Å². The van der Waals surface area contributed by atoms with Gasteiger partial charge in [0.15, 0.2) is 11.5 Å². The van der Waals surface area contributed by atoms with Crippen molar-refractivity contribution in [1.29, 1.82) is 0 Å². The Balaban J connectivity index is 2.21. The second-order valence-corrected chi connectivity index (χ2v) is 10.1. The predicted octanol–water partition coefficient (Wildman–Crippen LogP) is 4.84. The maximum atomic E-state index is 13.8. The molecule has 1 atom stereocenters. The highest BCUT2D eigenvalue weighted by molar-refractivity contribution is 7.92. The molecule has 0 aromatic heterocycles. The van der Waals surface area contributed by atoms with E-state index in [0.29, 0.717) is 21.4 Å². The van der Waals surface area contributed by atoms with Gasteiger partial charge in [-0.15, -0.1) is 0 Å². The first-order valence-electron chi connectivity index (χ1n) is 10.2. The standard InChI is InChI=1S/C24H24Cl2N2O5S/c1-15(18-6-4-5-7-20(18)26)19-12-16(25)8-10-21(19)28(14-24(27)29)34(30,31)17-9-11-22(32-2)23(13-17)33-3/h4-13,15H,14H2,1-3H3,(H2,27,29). The van der Waals surface area contributed by atoms with Gasteiger partial charge in [0, 0.05) is 22.0 Å². The van der Waals surface area contributed by atoms with Gasteiger partial charge in [-0.1, -0.05) is 48.3 Å². The van der Waals surface area contributed by atoms with Gasteiger partial charge >= 0.3 is 0 Å². The number of rotatable bonds is 9. The quantitative estimate of drug-likeness (QED) is 0.433. The monoisotopic (exact) mass is 522 g/mol. The summed E-state index contributed by atoms with van der Waals surface area (Å²) in [6.45, 7) is 1.29. The van der Waals surface area contributed by atoms with Crippen LogP contribution < -0.4 is 19.5 Å². The molecule has 180 valence electrons. The van der Waals surface area contributed by atoms with E-state index in [1.807, 2.05) is 19.1 Å². The normalized spacial score (nSPS) is 12.1. The van der Waals surface area contributed by atoms with Crippen molar-refractivity contribution in [3.8, 4) is 11.5 Å². The number of anilines is 1. The highest BCUT2D eigenvalue weighted by atomic mass is 35.5. The fourth-order valence-corrected chi connectivity index (χ4v) is 5.59. The van der Waals surface area contributed by atoms with Crippen LogP contribution in [-0.2, 0) is 14.8 Å². The van der Waals surface area contributed by atoms with Crippen molar-refractivity contribution >= 4 is 44.8 Å². The Morgan fingerprint density at radius 1 is 0.971 bits per heavy atom. The zero-order valence-electron chi connectivity index (χ0n) is 18.8. The van der Waals surface area contributed by atoms with Gasteiger partial charge < -0.3 is 15.2 Å². The van der Waals surface area contributed by atoms with Crippen LogP contribution >= 0.6 is 23.2 Å². The Bertz CT molecular complexity index is 1310. The Hall–Kier alpha value is -2.94. The number of benzene rings is 3. The average Bonchev–Trinajstić information content (AvgIpc) is 2.81. The van der Waals surface area contributed by atoms with Gasteiger partial charge in [0.2, 0.25) is 5.91 Å². The van der Waals surface area contributed by atoms with Crippen molar-refractivity contribution in [2.45, 2.75) is 17.7 Å². The molecule has 7 nitrogen and oxygen atoms in total. The van der Waals surface area contributed by atoms with Crippen molar-refractivity contribution in [2.75, 3.05) is 25.1 Å². The molecule has 34 heavy (non-hydrogen) atoms. The van der Waals surface area contributed by atoms with Crippen molar-refractivity contribution in [1.82, 2.24) is 0 Å². The van der Waals surface area contributed by atoms with Gasteiger partial charge in [-0.05, 0) is 47.5 Å². The zero-order chi connectivity index (χ0) is 25.0. The molecular formula is C24H24Cl2N2O5S. The Labute approximate surface area is 209 Å². The molecule has 3 rings (SSSR count). The molecule has 1 unspecified atom stereocenters. The summed E-state index contributed by atoms with van der Waals surface area (Å²) in [4.78, 5) is 11.9. The molecule has 2 N–H and O–H groups in total. The van der Waals surface area contributed by atoms with Gasteiger partial charge in [0.25, 0.3) is 10.0 Å². The molecular weight excluding hydrogens is 499 g/mol. The number of nitrogens with two attached hydrogens (primary N) is 1. The Morgan fingerprint density at radius 2 is 1.65 bits per heavy atom. The van der Waals surface area contributed by atoms with Crippen molar-refractivity contribution in [2.24, 2.45) is 5.73 Å². The van der Waals surface area contributed by atoms with Gasteiger partial charge in [0.1, 0.15) is 6.54 Å². The minimum absolute atomic E-state index is 0.0994. The number of ether oxygens (including phenoxy) is 2. The van der Waals surface area contributed by atoms with Crippen LogP contribution in [0.3, 0.4) is 0 Å². The molecule has 0 saturated carbocycles. The number of methoxy groups -OCH3 is 2. The first kappa shape index (κ1) is 25.7. The number of primary amides is 1. The fraction of sp³-hybridized carbons (Fsp3) is 0.208. The fourth-order valence-electron chi connectivity index (χ4n) is 3.64. The number of hydrogen-bond donors (Lipinski definition) is 1. The van der Waals surface area contributed by atoms with Crippen molar-refractivity contribution < 1.29 is 22.7 Å². The van der Waals surface area contributed by atoms with E-state index < -0.39 is 22.5 Å². The molecule has 0 aliphatic rings. The molecule has 0 heterocycles. The lowest BCUT2D eigenvalue weighted by Crippen LogP contribution is -2.39. The van der Waals surface area contributed by atoms with E-state index in [2.05, 4.69) is 0 Å². The average molecular weight is 523 g/mol. The Kier molecular flexibility index (Phi) is 7.97. The van der Waals surface area contributed by atoms with Crippen molar-refractivity contribution in [3.05, 3.63) is 81.8 Å². The summed E-state index contributed by atoms with van der Waals surface area (Å²) in [5.74, 6) is -0.584. The number of carbonyl (C=O) groups is 1. The molecule has 0 saturated heterocycles. The first-order chi connectivity index (χ1) is 16.1. The lowest BCUT2D eigenvalue weighted by Gasteiger charge is -2.28. The molecule has 1 amide bonds. The number of sulfonamides is 1. The molecule has 0 aliphatic heterocycles. The van der Waals surface area contributed by atoms with Crippen LogP contribution in [-0.4, -0.2) is 35.1 Å². The van der Waals surface area contributed by atoms with Gasteiger partial charge in [-0.3, -0.25) is 9.10 Å².